The zero-order valence-corrected chi connectivity index (χ0v) is 18.7. The van der Waals surface area contributed by atoms with Crippen molar-refractivity contribution in [3.05, 3.63) is 87.8 Å². The first-order chi connectivity index (χ1) is 16.1. The van der Waals surface area contributed by atoms with Gasteiger partial charge in [-0.05, 0) is 51.8 Å². The number of fused-ring (bicyclic) bond motifs is 1. The number of phenolic OH excluding ortho intramolecular Hbond substituents is 1. The summed E-state index contributed by atoms with van der Waals surface area (Å²) in [4.78, 5) is 21.3. The maximum atomic E-state index is 12.9. The number of nitrogens with zero attached hydrogens (tertiary/aromatic N) is 3. The molecule has 3 heterocycles. The summed E-state index contributed by atoms with van der Waals surface area (Å²) in [6.07, 6.45) is 5.16. The molecular formula is C24H16BrN3O5. The van der Waals surface area contributed by atoms with E-state index in [-0.39, 0.29) is 11.2 Å². The van der Waals surface area contributed by atoms with Gasteiger partial charge in [0.05, 0.1) is 24.0 Å². The lowest BCUT2D eigenvalue weighted by atomic mass is 10.1. The molecule has 0 unspecified atom stereocenters. The Kier molecular flexibility index (Phi) is 5.62. The van der Waals surface area contributed by atoms with Crippen LogP contribution in [-0.2, 0) is 6.42 Å². The molecule has 0 aliphatic heterocycles. The predicted octanol–water partition coefficient (Wildman–Crippen LogP) is 4.99. The SMILES string of the molecule is O=c1c(-c2ccc(O)cc2)coc2cc(OCCc3nc(-c4cncc(Br)c4)no3)ccc12. The lowest BCUT2D eigenvalue weighted by Crippen LogP contribution is -2.05. The number of hydrogen-bond acceptors (Lipinski definition) is 8. The van der Waals surface area contributed by atoms with Crippen molar-refractivity contribution in [2.24, 2.45) is 0 Å². The summed E-state index contributed by atoms with van der Waals surface area (Å²) in [6, 6.07) is 13.3. The van der Waals surface area contributed by atoms with Crippen molar-refractivity contribution in [1.82, 2.24) is 15.1 Å². The number of rotatable bonds is 6. The minimum atomic E-state index is -0.158. The van der Waals surface area contributed by atoms with E-state index in [1.807, 2.05) is 6.07 Å². The fourth-order valence-electron chi connectivity index (χ4n) is 3.30. The number of benzene rings is 2. The molecule has 0 fully saturated rings. The van der Waals surface area contributed by atoms with Crippen LogP contribution in [0.15, 0.2) is 85.4 Å². The molecule has 5 aromatic rings. The molecule has 0 radical (unpaired) electrons. The zero-order chi connectivity index (χ0) is 22.8. The molecule has 1 N–H and O–H groups in total. The quantitative estimate of drug-likeness (QED) is 0.343. The topological polar surface area (TPSA) is 111 Å². The Balaban J connectivity index is 1.28. The zero-order valence-electron chi connectivity index (χ0n) is 17.1. The smallest absolute Gasteiger partial charge is 0.230 e. The van der Waals surface area contributed by atoms with Crippen LogP contribution < -0.4 is 10.2 Å². The second-order valence-corrected chi connectivity index (χ2v) is 8.10. The summed E-state index contributed by atoms with van der Waals surface area (Å²) in [5.41, 5.74) is 2.10. The van der Waals surface area contributed by atoms with E-state index in [9.17, 15) is 9.90 Å². The summed E-state index contributed by atoms with van der Waals surface area (Å²) in [5, 5.41) is 13.9. The van der Waals surface area contributed by atoms with Crippen LogP contribution >= 0.6 is 15.9 Å². The second kappa shape index (κ2) is 8.87. The molecule has 3 aromatic heterocycles. The maximum absolute atomic E-state index is 12.9. The number of aromatic hydroxyl groups is 1. The summed E-state index contributed by atoms with van der Waals surface area (Å²) >= 11 is 3.37. The molecule has 0 saturated heterocycles. The number of pyridine rings is 1. The van der Waals surface area contributed by atoms with E-state index in [2.05, 4.69) is 31.1 Å². The summed E-state index contributed by atoms with van der Waals surface area (Å²) in [7, 11) is 0. The Morgan fingerprint density at radius 1 is 1.03 bits per heavy atom. The molecule has 0 bridgehead atoms. The molecular weight excluding hydrogens is 490 g/mol. The predicted molar refractivity (Wildman–Crippen MR) is 124 cm³/mol. The average Bonchev–Trinajstić information content (AvgIpc) is 3.29. The summed E-state index contributed by atoms with van der Waals surface area (Å²) in [5.74, 6) is 1.58. The van der Waals surface area contributed by atoms with Crippen molar-refractivity contribution in [3.63, 3.8) is 0 Å². The molecule has 9 heteroatoms. The number of ether oxygens (including phenoxy) is 1. The van der Waals surface area contributed by atoms with E-state index in [1.165, 1.54) is 18.4 Å². The van der Waals surface area contributed by atoms with Crippen molar-refractivity contribution >= 4 is 26.9 Å². The minimum Gasteiger partial charge on any atom is -0.508 e. The molecule has 5 rings (SSSR count). The van der Waals surface area contributed by atoms with E-state index in [1.54, 1.807) is 42.7 Å². The standard InChI is InChI=1S/C24H16BrN3O5/c25-16-9-15(11-26-12-16)24-27-22(33-28-24)7-8-31-18-5-6-19-21(10-18)32-13-20(23(19)30)14-1-3-17(29)4-2-14/h1-6,9-13,29H,7-8H2. The van der Waals surface area contributed by atoms with Gasteiger partial charge in [-0.25, -0.2) is 0 Å². The van der Waals surface area contributed by atoms with Gasteiger partial charge in [0.15, 0.2) is 5.43 Å². The largest absolute Gasteiger partial charge is 0.508 e. The highest BCUT2D eigenvalue weighted by Gasteiger charge is 2.12. The van der Waals surface area contributed by atoms with Crippen molar-refractivity contribution in [2.75, 3.05) is 6.61 Å². The van der Waals surface area contributed by atoms with Gasteiger partial charge in [-0.3, -0.25) is 9.78 Å². The highest BCUT2D eigenvalue weighted by atomic mass is 79.9. The lowest BCUT2D eigenvalue weighted by molar-refractivity contribution is 0.292. The summed E-state index contributed by atoms with van der Waals surface area (Å²) < 4.78 is 17.6. The number of halogens is 1. The van der Waals surface area contributed by atoms with Gasteiger partial charge in [0.25, 0.3) is 0 Å². The van der Waals surface area contributed by atoms with Gasteiger partial charge in [0.2, 0.25) is 11.7 Å². The van der Waals surface area contributed by atoms with Crippen molar-refractivity contribution in [1.29, 1.82) is 0 Å². The van der Waals surface area contributed by atoms with Gasteiger partial charge in [0, 0.05) is 28.5 Å². The molecule has 0 amide bonds. The third-order valence-electron chi connectivity index (χ3n) is 4.94. The first kappa shape index (κ1) is 20.9. The number of aromatic nitrogens is 3. The fourth-order valence-corrected chi connectivity index (χ4v) is 3.67. The van der Waals surface area contributed by atoms with Crippen molar-refractivity contribution < 1.29 is 18.8 Å². The van der Waals surface area contributed by atoms with Gasteiger partial charge >= 0.3 is 0 Å². The fraction of sp³-hybridized carbons (Fsp3) is 0.0833. The second-order valence-electron chi connectivity index (χ2n) is 7.19. The van der Waals surface area contributed by atoms with Crippen LogP contribution in [0.1, 0.15) is 5.89 Å². The highest BCUT2D eigenvalue weighted by Crippen LogP contribution is 2.25. The Morgan fingerprint density at radius 2 is 1.88 bits per heavy atom. The molecule has 2 aromatic carbocycles. The molecule has 0 aliphatic carbocycles. The maximum Gasteiger partial charge on any atom is 0.230 e. The Morgan fingerprint density at radius 3 is 2.70 bits per heavy atom. The van der Waals surface area contributed by atoms with Gasteiger partial charge in [-0.15, -0.1) is 0 Å². The van der Waals surface area contributed by atoms with E-state index >= 15 is 0 Å². The van der Waals surface area contributed by atoms with E-state index in [4.69, 9.17) is 13.7 Å². The number of hydrogen-bond donors (Lipinski definition) is 1. The van der Waals surface area contributed by atoms with Gasteiger partial charge in [-0.1, -0.05) is 17.3 Å². The molecule has 33 heavy (non-hydrogen) atoms. The van der Waals surface area contributed by atoms with Crippen LogP contribution in [0, 0.1) is 0 Å². The normalized spacial score (nSPS) is 11.1. The van der Waals surface area contributed by atoms with Gasteiger partial charge < -0.3 is 18.8 Å². The van der Waals surface area contributed by atoms with Gasteiger partial charge in [-0.2, -0.15) is 4.98 Å². The van der Waals surface area contributed by atoms with Crippen molar-refractivity contribution in [3.8, 4) is 34.0 Å². The molecule has 0 saturated carbocycles. The van der Waals surface area contributed by atoms with E-state index in [0.29, 0.717) is 52.6 Å². The van der Waals surface area contributed by atoms with Crippen molar-refractivity contribution in [2.45, 2.75) is 6.42 Å². The Hall–Kier alpha value is -3.98. The average molecular weight is 506 g/mol. The van der Waals surface area contributed by atoms with E-state index < -0.39 is 0 Å². The van der Waals surface area contributed by atoms with Crippen LogP contribution in [0.4, 0.5) is 0 Å². The third-order valence-corrected chi connectivity index (χ3v) is 5.37. The lowest BCUT2D eigenvalue weighted by Gasteiger charge is -2.07. The monoisotopic (exact) mass is 505 g/mol. The Bertz CT molecular complexity index is 1490. The molecule has 8 nitrogen and oxygen atoms in total. The van der Waals surface area contributed by atoms with Crippen LogP contribution in [0.25, 0.3) is 33.5 Å². The summed E-state index contributed by atoms with van der Waals surface area (Å²) in [6.45, 7) is 0.305. The molecule has 164 valence electrons. The minimum absolute atomic E-state index is 0.132. The third kappa shape index (κ3) is 4.49. The first-order valence-electron chi connectivity index (χ1n) is 9.98. The molecule has 0 spiro atoms. The van der Waals surface area contributed by atoms with Crippen LogP contribution in [0.3, 0.4) is 0 Å². The van der Waals surface area contributed by atoms with Gasteiger partial charge in [0.1, 0.15) is 23.3 Å². The van der Waals surface area contributed by atoms with Crippen LogP contribution in [-0.4, -0.2) is 26.8 Å². The van der Waals surface area contributed by atoms with Crippen LogP contribution in [0.2, 0.25) is 0 Å². The molecule has 0 atom stereocenters. The van der Waals surface area contributed by atoms with E-state index in [0.717, 1.165) is 10.0 Å². The first-order valence-corrected chi connectivity index (χ1v) is 10.8. The molecule has 0 aliphatic rings. The number of phenols is 1. The Labute approximate surface area is 195 Å². The van der Waals surface area contributed by atoms with Crippen LogP contribution in [0.5, 0.6) is 11.5 Å². The highest BCUT2D eigenvalue weighted by molar-refractivity contribution is 9.10.